The van der Waals surface area contributed by atoms with Gasteiger partial charge in [0.15, 0.2) is 11.5 Å². The molecule has 7 heteroatoms. The maximum Gasteiger partial charge on any atom is 0.254 e. The summed E-state index contributed by atoms with van der Waals surface area (Å²) in [5.41, 5.74) is 2.39. The molecule has 3 aromatic rings. The van der Waals surface area contributed by atoms with E-state index in [1.807, 2.05) is 58.0 Å². The van der Waals surface area contributed by atoms with Crippen LogP contribution in [0.2, 0.25) is 0 Å². The fraction of sp³-hybridized carbons (Fsp3) is 0.300. The number of amides is 2. The molecule has 0 aliphatic carbocycles. The van der Waals surface area contributed by atoms with Crippen molar-refractivity contribution in [2.45, 2.75) is 32.4 Å². The summed E-state index contributed by atoms with van der Waals surface area (Å²) in [7, 11) is 0. The number of pyridine rings is 1. The second kappa shape index (κ2) is 7.19. The first-order valence-electron chi connectivity index (χ1n) is 9.07. The van der Waals surface area contributed by atoms with E-state index < -0.39 is 0 Å². The van der Waals surface area contributed by atoms with E-state index in [0.29, 0.717) is 18.7 Å². The quantitative estimate of drug-likeness (QED) is 0.772. The van der Waals surface area contributed by atoms with E-state index >= 15 is 0 Å². The molecule has 27 heavy (non-hydrogen) atoms. The Labute approximate surface area is 157 Å². The minimum atomic E-state index is -0.0750. The monoisotopic (exact) mass is 363 g/mol. The van der Waals surface area contributed by atoms with Crippen LogP contribution in [-0.4, -0.2) is 37.9 Å². The standard InChI is InChI=1S/C20H21N5O2/c1-14(26)21-13-15-7-9-16(10-8-15)20(27)24-12-4-5-17(24)19-23-22-18-6-2-3-11-25(18)19/h2-3,6-11,17H,4-5,12-13H2,1H3,(H,21,26). The second-order valence-electron chi connectivity index (χ2n) is 6.75. The first-order chi connectivity index (χ1) is 13.1. The number of aromatic nitrogens is 3. The molecule has 0 bridgehead atoms. The number of rotatable bonds is 4. The van der Waals surface area contributed by atoms with Gasteiger partial charge in [0.2, 0.25) is 5.91 Å². The molecule has 138 valence electrons. The molecule has 2 aromatic heterocycles. The van der Waals surface area contributed by atoms with Gasteiger partial charge in [0.1, 0.15) is 0 Å². The van der Waals surface area contributed by atoms with Crippen molar-refractivity contribution in [2.75, 3.05) is 6.54 Å². The van der Waals surface area contributed by atoms with E-state index in [1.165, 1.54) is 6.92 Å². The Balaban J connectivity index is 1.55. The molecule has 1 unspecified atom stereocenters. The molecule has 1 aliphatic heterocycles. The third kappa shape index (κ3) is 3.40. The molecule has 0 radical (unpaired) electrons. The summed E-state index contributed by atoms with van der Waals surface area (Å²) in [6.45, 7) is 2.65. The lowest BCUT2D eigenvalue weighted by Crippen LogP contribution is -2.31. The predicted molar refractivity (Wildman–Crippen MR) is 100.0 cm³/mol. The number of nitrogens with one attached hydrogen (secondary N) is 1. The first kappa shape index (κ1) is 17.2. The summed E-state index contributed by atoms with van der Waals surface area (Å²) < 4.78 is 1.95. The van der Waals surface area contributed by atoms with Gasteiger partial charge >= 0.3 is 0 Å². The van der Waals surface area contributed by atoms with Crippen molar-refractivity contribution in [1.82, 2.24) is 24.8 Å². The summed E-state index contributed by atoms with van der Waals surface area (Å²) in [6.07, 6.45) is 3.75. The van der Waals surface area contributed by atoms with Crippen LogP contribution in [0.4, 0.5) is 0 Å². The molecule has 1 saturated heterocycles. The lowest BCUT2D eigenvalue weighted by atomic mass is 10.1. The van der Waals surface area contributed by atoms with Crippen molar-refractivity contribution in [1.29, 1.82) is 0 Å². The molecule has 1 aliphatic rings. The van der Waals surface area contributed by atoms with Gasteiger partial charge in [-0.05, 0) is 42.7 Å². The largest absolute Gasteiger partial charge is 0.352 e. The van der Waals surface area contributed by atoms with Gasteiger partial charge in [-0.3, -0.25) is 14.0 Å². The zero-order chi connectivity index (χ0) is 18.8. The lowest BCUT2D eigenvalue weighted by molar-refractivity contribution is -0.119. The van der Waals surface area contributed by atoms with Crippen molar-refractivity contribution >= 4 is 17.5 Å². The Morgan fingerprint density at radius 3 is 2.74 bits per heavy atom. The summed E-state index contributed by atoms with van der Waals surface area (Å²) in [6, 6.07) is 13.1. The van der Waals surface area contributed by atoms with Crippen molar-refractivity contribution < 1.29 is 9.59 Å². The molecule has 0 spiro atoms. The van der Waals surface area contributed by atoms with Crippen LogP contribution >= 0.6 is 0 Å². The Morgan fingerprint density at radius 2 is 1.96 bits per heavy atom. The number of nitrogens with zero attached hydrogens (tertiary/aromatic N) is 4. The zero-order valence-corrected chi connectivity index (χ0v) is 15.1. The highest BCUT2D eigenvalue weighted by molar-refractivity contribution is 5.94. The van der Waals surface area contributed by atoms with Crippen LogP contribution in [0, 0.1) is 0 Å². The number of likely N-dealkylation sites (tertiary alicyclic amines) is 1. The molecule has 4 rings (SSSR count). The molecular formula is C20H21N5O2. The van der Waals surface area contributed by atoms with E-state index in [1.54, 1.807) is 0 Å². The molecule has 0 saturated carbocycles. The van der Waals surface area contributed by atoms with Crippen LogP contribution < -0.4 is 5.32 Å². The van der Waals surface area contributed by atoms with E-state index in [4.69, 9.17) is 0 Å². The SMILES string of the molecule is CC(=O)NCc1ccc(C(=O)N2CCCC2c2nnc3ccccn23)cc1. The predicted octanol–water partition coefficient (Wildman–Crippen LogP) is 2.34. The molecule has 1 atom stereocenters. The highest BCUT2D eigenvalue weighted by atomic mass is 16.2. The van der Waals surface area contributed by atoms with Gasteiger partial charge in [-0.1, -0.05) is 18.2 Å². The van der Waals surface area contributed by atoms with E-state index in [2.05, 4.69) is 15.5 Å². The molecule has 2 amide bonds. The van der Waals surface area contributed by atoms with Crippen molar-refractivity contribution in [3.8, 4) is 0 Å². The Hall–Kier alpha value is -3.22. The van der Waals surface area contributed by atoms with E-state index in [9.17, 15) is 9.59 Å². The van der Waals surface area contributed by atoms with Crippen LogP contribution in [0.25, 0.3) is 5.65 Å². The van der Waals surface area contributed by atoms with Gasteiger partial charge in [0.25, 0.3) is 5.91 Å². The molecule has 1 aromatic carbocycles. The normalized spacial score (nSPS) is 16.6. The maximum absolute atomic E-state index is 13.1. The average molecular weight is 363 g/mol. The Morgan fingerprint density at radius 1 is 1.15 bits per heavy atom. The second-order valence-corrected chi connectivity index (χ2v) is 6.75. The third-order valence-corrected chi connectivity index (χ3v) is 4.89. The summed E-state index contributed by atoms with van der Waals surface area (Å²) in [5, 5.41) is 11.3. The summed E-state index contributed by atoms with van der Waals surface area (Å²) >= 11 is 0. The number of benzene rings is 1. The number of hydrogen-bond acceptors (Lipinski definition) is 4. The highest BCUT2D eigenvalue weighted by Crippen LogP contribution is 2.32. The minimum Gasteiger partial charge on any atom is -0.352 e. The van der Waals surface area contributed by atoms with Crippen molar-refractivity contribution in [2.24, 2.45) is 0 Å². The smallest absolute Gasteiger partial charge is 0.254 e. The molecule has 1 fully saturated rings. The van der Waals surface area contributed by atoms with Gasteiger partial charge in [0, 0.05) is 31.8 Å². The first-order valence-corrected chi connectivity index (χ1v) is 9.07. The number of hydrogen-bond donors (Lipinski definition) is 1. The van der Waals surface area contributed by atoms with E-state index in [0.717, 1.165) is 29.9 Å². The van der Waals surface area contributed by atoms with Gasteiger partial charge in [-0.25, -0.2) is 0 Å². The molecular weight excluding hydrogens is 342 g/mol. The van der Waals surface area contributed by atoms with Crippen LogP contribution in [0.5, 0.6) is 0 Å². The molecule has 1 N–H and O–H groups in total. The summed E-state index contributed by atoms with van der Waals surface area (Å²) in [5.74, 6) is 0.727. The Kier molecular flexibility index (Phi) is 4.58. The zero-order valence-electron chi connectivity index (χ0n) is 15.1. The van der Waals surface area contributed by atoms with Crippen LogP contribution in [0.15, 0.2) is 48.7 Å². The van der Waals surface area contributed by atoms with Crippen LogP contribution in [0.3, 0.4) is 0 Å². The fourth-order valence-corrected chi connectivity index (χ4v) is 3.52. The number of fused-ring (bicyclic) bond motifs is 1. The Bertz CT molecular complexity index is 979. The molecule has 3 heterocycles. The topological polar surface area (TPSA) is 79.6 Å². The van der Waals surface area contributed by atoms with Crippen molar-refractivity contribution in [3.63, 3.8) is 0 Å². The van der Waals surface area contributed by atoms with Crippen LogP contribution in [0.1, 0.15) is 47.6 Å². The van der Waals surface area contributed by atoms with Gasteiger partial charge < -0.3 is 10.2 Å². The molecule has 7 nitrogen and oxygen atoms in total. The third-order valence-electron chi connectivity index (χ3n) is 4.89. The highest BCUT2D eigenvalue weighted by Gasteiger charge is 2.33. The maximum atomic E-state index is 13.1. The van der Waals surface area contributed by atoms with Gasteiger partial charge in [-0.2, -0.15) is 0 Å². The van der Waals surface area contributed by atoms with E-state index in [-0.39, 0.29) is 17.9 Å². The minimum absolute atomic E-state index is 0.00346. The van der Waals surface area contributed by atoms with Crippen LogP contribution in [-0.2, 0) is 11.3 Å². The van der Waals surface area contributed by atoms with Gasteiger partial charge in [0.05, 0.1) is 6.04 Å². The van der Waals surface area contributed by atoms with Gasteiger partial charge in [-0.15, -0.1) is 10.2 Å². The number of carbonyl (C=O) groups is 2. The summed E-state index contributed by atoms with van der Waals surface area (Å²) in [4.78, 5) is 26.0. The fourth-order valence-electron chi connectivity index (χ4n) is 3.52. The lowest BCUT2D eigenvalue weighted by Gasteiger charge is -2.23. The van der Waals surface area contributed by atoms with Crippen molar-refractivity contribution in [3.05, 3.63) is 65.6 Å². The number of carbonyl (C=O) groups excluding carboxylic acids is 2. The average Bonchev–Trinajstić information content (AvgIpc) is 3.32.